The molecule has 0 spiro atoms. The Hall–Kier alpha value is -4.66. The highest BCUT2D eigenvalue weighted by Gasteiger charge is 2.50. The maximum atomic E-state index is 13.9. The lowest BCUT2D eigenvalue weighted by atomic mass is 9.99. The zero-order chi connectivity index (χ0) is 31.2. The van der Waals surface area contributed by atoms with Gasteiger partial charge >= 0.3 is 0 Å². The highest BCUT2D eigenvalue weighted by Crippen LogP contribution is 2.34. The molecular formula is C32H33F2N7O3. The van der Waals surface area contributed by atoms with E-state index in [2.05, 4.69) is 41.6 Å². The van der Waals surface area contributed by atoms with Crippen LogP contribution in [0.1, 0.15) is 61.3 Å². The highest BCUT2D eigenvalue weighted by atomic mass is 19.3. The lowest BCUT2D eigenvalue weighted by molar-refractivity contribution is -0.135. The molecule has 4 heterocycles. The maximum absolute atomic E-state index is 13.9. The second kappa shape index (κ2) is 11.4. The monoisotopic (exact) mass is 601 g/mol. The van der Waals surface area contributed by atoms with Crippen LogP contribution in [0.4, 0.5) is 8.78 Å². The molecule has 2 saturated heterocycles. The summed E-state index contributed by atoms with van der Waals surface area (Å²) < 4.78 is 29.5. The molecule has 0 unspecified atom stereocenters. The number of nitrogens with zero attached hydrogens (tertiary/aromatic N) is 6. The summed E-state index contributed by atoms with van der Waals surface area (Å²) in [6, 6.07) is 13.7. The topological polar surface area (TPSA) is 124 Å². The Kier molecular flexibility index (Phi) is 7.65. The number of likely N-dealkylation sites (tertiary alicyclic amines) is 1. The van der Waals surface area contributed by atoms with Gasteiger partial charge in [-0.1, -0.05) is 61.5 Å². The van der Waals surface area contributed by atoms with Crippen molar-refractivity contribution in [3.63, 3.8) is 0 Å². The van der Waals surface area contributed by atoms with Crippen LogP contribution in [-0.4, -0.2) is 67.1 Å². The average Bonchev–Trinajstić information content (AvgIpc) is 3.78. The van der Waals surface area contributed by atoms with Crippen LogP contribution < -0.4 is 5.32 Å². The van der Waals surface area contributed by atoms with Crippen LogP contribution in [0.15, 0.2) is 48.7 Å². The summed E-state index contributed by atoms with van der Waals surface area (Å²) in [7, 11) is 0. The van der Waals surface area contributed by atoms with Gasteiger partial charge in [0.2, 0.25) is 17.7 Å². The molecule has 1 N–H and O–H groups in total. The second-order valence-corrected chi connectivity index (χ2v) is 12.3. The van der Waals surface area contributed by atoms with E-state index in [4.69, 9.17) is 0 Å². The van der Waals surface area contributed by atoms with Crippen molar-refractivity contribution in [1.82, 2.24) is 30.1 Å². The Labute approximate surface area is 253 Å². The highest BCUT2D eigenvalue weighted by molar-refractivity contribution is 5.94. The van der Waals surface area contributed by atoms with Gasteiger partial charge in [0.05, 0.1) is 25.4 Å². The lowest BCUT2D eigenvalue weighted by Crippen LogP contribution is -2.46. The Morgan fingerprint density at radius 2 is 1.93 bits per heavy atom. The molecule has 12 heteroatoms. The van der Waals surface area contributed by atoms with Gasteiger partial charge in [0.15, 0.2) is 0 Å². The molecule has 0 aliphatic carbocycles. The summed E-state index contributed by atoms with van der Waals surface area (Å²) in [5.41, 5.74) is 6.08. The molecule has 0 bridgehead atoms. The molecule has 3 aliphatic rings. The van der Waals surface area contributed by atoms with E-state index in [1.54, 1.807) is 15.7 Å². The first-order chi connectivity index (χ1) is 21.0. The number of alkyl halides is 2. The Balaban J connectivity index is 1.07. The zero-order valence-corrected chi connectivity index (χ0v) is 24.5. The third kappa shape index (κ3) is 5.78. The molecule has 3 aliphatic heterocycles. The number of amides is 3. The molecule has 0 radical (unpaired) electrons. The summed E-state index contributed by atoms with van der Waals surface area (Å²) in [6.45, 7) is 4.71. The van der Waals surface area contributed by atoms with Gasteiger partial charge < -0.3 is 15.1 Å². The fourth-order valence-corrected chi connectivity index (χ4v) is 6.32. The maximum Gasteiger partial charge on any atom is 0.268 e. The molecule has 2 fully saturated rings. The van der Waals surface area contributed by atoms with E-state index >= 15 is 0 Å². The van der Waals surface area contributed by atoms with Crippen molar-refractivity contribution in [2.45, 2.75) is 76.7 Å². The summed E-state index contributed by atoms with van der Waals surface area (Å²) in [5.74, 6) is -4.86. The van der Waals surface area contributed by atoms with Crippen molar-refractivity contribution in [2.24, 2.45) is 5.92 Å². The van der Waals surface area contributed by atoms with Crippen LogP contribution in [0.2, 0.25) is 0 Å². The van der Waals surface area contributed by atoms with Gasteiger partial charge in [-0.15, -0.1) is 5.10 Å². The number of aromatic nitrogens is 3. The molecule has 0 saturated carbocycles. The van der Waals surface area contributed by atoms with Crippen LogP contribution in [-0.2, 0) is 34.0 Å². The van der Waals surface area contributed by atoms with E-state index in [1.807, 2.05) is 36.5 Å². The van der Waals surface area contributed by atoms with Gasteiger partial charge in [0.25, 0.3) is 5.92 Å². The Morgan fingerprint density at radius 3 is 2.66 bits per heavy atom. The molecule has 44 heavy (non-hydrogen) atoms. The van der Waals surface area contributed by atoms with Gasteiger partial charge in [-0.3, -0.25) is 14.4 Å². The Bertz CT molecular complexity index is 1650. The van der Waals surface area contributed by atoms with Crippen LogP contribution in [0.25, 0.3) is 11.3 Å². The van der Waals surface area contributed by atoms with E-state index in [0.717, 1.165) is 32.8 Å². The number of halogens is 2. The summed E-state index contributed by atoms with van der Waals surface area (Å²) in [6.07, 6.45) is 1.10. The van der Waals surface area contributed by atoms with Crippen molar-refractivity contribution in [1.29, 1.82) is 5.26 Å². The number of carbonyl (C=O) groups excluding carboxylic acids is 3. The van der Waals surface area contributed by atoms with Crippen molar-refractivity contribution < 1.29 is 23.2 Å². The Morgan fingerprint density at radius 1 is 1.16 bits per heavy atom. The van der Waals surface area contributed by atoms with Gasteiger partial charge in [-0.2, -0.15) is 5.26 Å². The normalized spacial score (nSPS) is 22.3. The number of fused-ring (bicyclic) bond motifs is 1. The zero-order valence-electron chi connectivity index (χ0n) is 24.5. The quantitative estimate of drug-likeness (QED) is 0.441. The number of rotatable bonds is 7. The van der Waals surface area contributed by atoms with Gasteiger partial charge in [-0.25, -0.2) is 13.5 Å². The van der Waals surface area contributed by atoms with Gasteiger partial charge in [-0.05, 0) is 34.6 Å². The minimum Gasteiger partial charge on any atom is -0.344 e. The first-order valence-electron chi connectivity index (χ1n) is 14.8. The predicted molar refractivity (Wildman–Crippen MR) is 155 cm³/mol. The van der Waals surface area contributed by atoms with Crippen molar-refractivity contribution in [3.05, 3.63) is 70.9 Å². The third-order valence-corrected chi connectivity index (χ3v) is 8.81. The van der Waals surface area contributed by atoms with Gasteiger partial charge in [0, 0.05) is 37.4 Å². The number of benzene rings is 2. The van der Waals surface area contributed by atoms with Crippen LogP contribution in [0, 0.1) is 17.2 Å². The number of nitriles is 1. The predicted octanol–water partition coefficient (Wildman–Crippen LogP) is 3.61. The van der Waals surface area contributed by atoms with E-state index in [1.165, 1.54) is 5.56 Å². The number of hydrogen-bond donors (Lipinski definition) is 1. The number of carbonyl (C=O) groups is 3. The fraction of sp³-hybridized carbons (Fsp3) is 0.438. The summed E-state index contributed by atoms with van der Waals surface area (Å²) in [4.78, 5) is 41.4. The molecule has 3 amide bonds. The molecule has 228 valence electrons. The molecular weight excluding hydrogens is 568 g/mol. The fourth-order valence-electron chi connectivity index (χ4n) is 6.32. The standard InChI is InChI=1S/C32H33F2N7O3/c1-19(2)20-6-8-21(9-7-20)28-17-40(38-37-28)15-23-5-3-4-22-14-39(16-26(22)23)29(42)11-24-10-27(36-30(24)43)31(44)41-18-32(33,34)12-25(41)13-35/h3-9,17,19,24-25,27H,10-12,14-16,18H2,1-2H3,(H,36,43)/t24-,25-,27-/m0/s1. The van der Waals surface area contributed by atoms with Crippen molar-refractivity contribution in [2.75, 3.05) is 6.54 Å². The number of nitrogens with one attached hydrogen (secondary N) is 1. The van der Waals surface area contributed by atoms with E-state index in [0.29, 0.717) is 25.6 Å². The smallest absolute Gasteiger partial charge is 0.268 e. The first kappa shape index (κ1) is 29.4. The first-order valence-corrected chi connectivity index (χ1v) is 14.8. The second-order valence-electron chi connectivity index (χ2n) is 12.3. The molecule has 1 aromatic heterocycles. The summed E-state index contributed by atoms with van der Waals surface area (Å²) in [5, 5.41) is 20.5. The van der Waals surface area contributed by atoms with Crippen LogP contribution in [0.5, 0.6) is 0 Å². The number of hydrogen-bond acceptors (Lipinski definition) is 6. The molecule has 3 aromatic rings. The molecule has 3 atom stereocenters. The van der Waals surface area contributed by atoms with E-state index in [9.17, 15) is 28.4 Å². The third-order valence-electron chi connectivity index (χ3n) is 8.81. The minimum absolute atomic E-state index is 0.0183. The average molecular weight is 602 g/mol. The van der Waals surface area contributed by atoms with Crippen molar-refractivity contribution >= 4 is 17.7 Å². The summed E-state index contributed by atoms with van der Waals surface area (Å²) >= 11 is 0. The van der Waals surface area contributed by atoms with Gasteiger partial charge in [0.1, 0.15) is 17.8 Å². The lowest BCUT2D eigenvalue weighted by Gasteiger charge is -2.22. The molecule has 2 aromatic carbocycles. The van der Waals surface area contributed by atoms with Crippen LogP contribution >= 0.6 is 0 Å². The SMILES string of the molecule is CC(C)c1ccc(-c2cn(Cc3cccc4c3CN(C(=O)C[C@@H]3C[C@@H](C(=O)N5CC(F)(F)C[C@H]5C#N)NC3=O)C4)nn2)cc1. The molecule has 6 rings (SSSR count). The van der Waals surface area contributed by atoms with Crippen molar-refractivity contribution in [3.8, 4) is 17.3 Å². The van der Waals surface area contributed by atoms with Crippen LogP contribution in [0.3, 0.4) is 0 Å². The molecule has 10 nitrogen and oxygen atoms in total. The minimum atomic E-state index is -3.15. The van der Waals surface area contributed by atoms with E-state index < -0.39 is 48.7 Å². The van der Waals surface area contributed by atoms with E-state index in [-0.39, 0.29) is 18.7 Å². The largest absolute Gasteiger partial charge is 0.344 e.